The van der Waals surface area contributed by atoms with Crippen molar-refractivity contribution >= 4 is 5.82 Å². The molecule has 1 aromatic heterocycles. The number of aromatic hydroxyl groups is 1. The Kier molecular flexibility index (Phi) is 2.40. The highest BCUT2D eigenvalue weighted by atomic mass is 16.6. The van der Waals surface area contributed by atoms with Crippen molar-refractivity contribution in [2.24, 2.45) is 0 Å². The highest BCUT2D eigenvalue weighted by Crippen LogP contribution is 2.19. The van der Waals surface area contributed by atoms with Crippen molar-refractivity contribution in [3.63, 3.8) is 0 Å². The second-order valence-corrected chi connectivity index (χ2v) is 2.27. The van der Waals surface area contributed by atoms with Crippen LogP contribution in [0.15, 0.2) is 12.3 Å². The Hall–Kier alpha value is -2.16. The van der Waals surface area contributed by atoms with E-state index >= 15 is 0 Å². The summed E-state index contributed by atoms with van der Waals surface area (Å²) in [5.41, 5.74) is 0.118. The standard InChI is InChI=1S/C7H5N3O3/c8-2-1-5-3-6(11)4-9-7(5)10(12)13/h3-4,11H,1H2. The molecule has 0 aromatic carbocycles. The minimum absolute atomic E-state index is 0.118. The molecule has 0 unspecified atom stereocenters. The lowest BCUT2D eigenvalue weighted by Gasteiger charge is -1.97. The minimum Gasteiger partial charge on any atom is -0.504 e. The molecule has 1 aromatic rings. The molecule has 1 rings (SSSR count). The number of pyridine rings is 1. The summed E-state index contributed by atoms with van der Waals surface area (Å²) in [5.74, 6) is -0.574. The van der Waals surface area contributed by atoms with Crippen LogP contribution < -0.4 is 0 Å². The van der Waals surface area contributed by atoms with Crippen molar-refractivity contribution < 1.29 is 10.0 Å². The van der Waals surface area contributed by atoms with Gasteiger partial charge >= 0.3 is 5.82 Å². The van der Waals surface area contributed by atoms with E-state index in [1.807, 2.05) is 0 Å². The number of nitrogens with zero attached hydrogens (tertiary/aromatic N) is 3. The van der Waals surface area contributed by atoms with Gasteiger partial charge in [0.05, 0.1) is 18.1 Å². The monoisotopic (exact) mass is 179 g/mol. The van der Waals surface area contributed by atoms with E-state index in [0.717, 1.165) is 12.3 Å². The lowest BCUT2D eigenvalue weighted by Crippen LogP contribution is -1.97. The number of aromatic nitrogens is 1. The van der Waals surface area contributed by atoms with Crippen LogP contribution in [0.5, 0.6) is 5.75 Å². The third kappa shape index (κ3) is 1.90. The van der Waals surface area contributed by atoms with Gasteiger partial charge in [0.1, 0.15) is 0 Å². The van der Waals surface area contributed by atoms with Gasteiger partial charge in [-0.2, -0.15) is 5.26 Å². The number of nitriles is 1. The van der Waals surface area contributed by atoms with Gasteiger partial charge in [0.15, 0.2) is 11.9 Å². The largest absolute Gasteiger partial charge is 0.504 e. The molecule has 1 heterocycles. The summed E-state index contributed by atoms with van der Waals surface area (Å²) in [5, 5.41) is 27.6. The smallest absolute Gasteiger partial charge is 0.367 e. The fourth-order valence-electron chi connectivity index (χ4n) is 0.870. The summed E-state index contributed by atoms with van der Waals surface area (Å²) < 4.78 is 0. The lowest BCUT2D eigenvalue weighted by molar-refractivity contribution is -0.390. The second kappa shape index (κ2) is 3.49. The predicted octanol–water partition coefficient (Wildman–Crippen LogP) is 0.761. The first-order valence-corrected chi connectivity index (χ1v) is 3.34. The fourth-order valence-corrected chi connectivity index (χ4v) is 0.870. The second-order valence-electron chi connectivity index (χ2n) is 2.27. The molecule has 0 spiro atoms. The highest BCUT2D eigenvalue weighted by molar-refractivity contribution is 5.38. The zero-order valence-electron chi connectivity index (χ0n) is 6.47. The molecule has 0 saturated heterocycles. The van der Waals surface area contributed by atoms with Crippen LogP contribution in [0.1, 0.15) is 5.56 Å². The van der Waals surface area contributed by atoms with Gasteiger partial charge in [0.2, 0.25) is 0 Å². The summed E-state index contributed by atoms with van der Waals surface area (Å²) in [7, 11) is 0. The molecule has 13 heavy (non-hydrogen) atoms. The van der Waals surface area contributed by atoms with Gasteiger partial charge in [-0.25, -0.2) is 0 Å². The highest BCUT2D eigenvalue weighted by Gasteiger charge is 2.15. The van der Waals surface area contributed by atoms with Crippen molar-refractivity contribution in [1.29, 1.82) is 5.26 Å². The molecule has 6 heteroatoms. The van der Waals surface area contributed by atoms with Gasteiger partial charge in [0.25, 0.3) is 0 Å². The maximum absolute atomic E-state index is 10.4. The zero-order valence-corrected chi connectivity index (χ0v) is 6.47. The van der Waals surface area contributed by atoms with Crippen molar-refractivity contribution in [2.45, 2.75) is 6.42 Å². The summed E-state index contributed by atoms with van der Waals surface area (Å²) in [6.07, 6.45) is 0.830. The topological polar surface area (TPSA) is 100 Å². The van der Waals surface area contributed by atoms with Gasteiger partial charge in [-0.3, -0.25) is 0 Å². The van der Waals surface area contributed by atoms with Gasteiger partial charge < -0.3 is 15.2 Å². The van der Waals surface area contributed by atoms with Crippen molar-refractivity contribution in [1.82, 2.24) is 4.98 Å². The quantitative estimate of drug-likeness (QED) is 0.533. The Morgan fingerprint density at radius 3 is 3.00 bits per heavy atom. The van der Waals surface area contributed by atoms with E-state index in [9.17, 15) is 10.1 Å². The third-order valence-corrected chi connectivity index (χ3v) is 1.37. The average molecular weight is 179 g/mol. The SMILES string of the molecule is N#CCc1cc(O)cnc1[N+](=O)[O-]. The Morgan fingerprint density at radius 1 is 1.77 bits per heavy atom. The Morgan fingerprint density at radius 2 is 2.46 bits per heavy atom. The molecule has 0 aliphatic carbocycles. The van der Waals surface area contributed by atoms with Gasteiger partial charge in [-0.15, -0.1) is 0 Å². The molecule has 66 valence electrons. The molecule has 0 amide bonds. The lowest BCUT2D eigenvalue weighted by atomic mass is 10.2. The molecule has 0 atom stereocenters. The molecule has 0 radical (unpaired) electrons. The van der Waals surface area contributed by atoms with E-state index in [0.29, 0.717) is 0 Å². The molecule has 0 fully saturated rings. The fraction of sp³-hybridized carbons (Fsp3) is 0.143. The van der Waals surface area contributed by atoms with Crippen LogP contribution in [0.3, 0.4) is 0 Å². The number of rotatable bonds is 2. The molecule has 6 nitrogen and oxygen atoms in total. The Labute approximate surface area is 73.2 Å². The molecule has 1 N–H and O–H groups in total. The predicted molar refractivity (Wildman–Crippen MR) is 41.9 cm³/mol. The average Bonchev–Trinajstić information content (AvgIpc) is 2.04. The normalized spacial score (nSPS) is 9.15. The first kappa shape index (κ1) is 8.93. The summed E-state index contributed by atoms with van der Waals surface area (Å²) >= 11 is 0. The van der Waals surface area contributed by atoms with Crippen molar-refractivity contribution in [3.05, 3.63) is 27.9 Å². The van der Waals surface area contributed by atoms with Gasteiger partial charge in [-0.1, -0.05) is 0 Å². The first-order valence-electron chi connectivity index (χ1n) is 3.34. The Bertz CT molecular complexity index is 383. The summed E-state index contributed by atoms with van der Waals surface area (Å²) in [6.45, 7) is 0. The third-order valence-electron chi connectivity index (χ3n) is 1.37. The van der Waals surface area contributed by atoms with Crippen LogP contribution in [0.2, 0.25) is 0 Å². The van der Waals surface area contributed by atoms with Crippen LogP contribution in [0.4, 0.5) is 5.82 Å². The number of nitro groups is 1. The van der Waals surface area contributed by atoms with Crippen LogP contribution in [0, 0.1) is 21.4 Å². The van der Waals surface area contributed by atoms with Gasteiger partial charge in [0, 0.05) is 0 Å². The van der Waals surface area contributed by atoms with E-state index < -0.39 is 4.92 Å². The van der Waals surface area contributed by atoms with E-state index in [1.165, 1.54) is 0 Å². The number of hydrogen-bond donors (Lipinski definition) is 1. The number of hydrogen-bond acceptors (Lipinski definition) is 5. The minimum atomic E-state index is -0.688. The molecule has 0 saturated carbocycles. The van der Waals surface area contributed by atoms with E-state index in [1.54, 1.807) is 6.07 Å². The van der Waals surface area contributed by atoms with E-state index in [2.05, 4.69) is 4.98 Å². The Balaban J connectivity index is 3.20. The molecule has 0 aliphatic heterocycles. The maximum Gasteiger partial charge on any atom is 0.367 e. The van der Waals surface area contributed by atoms with Crippen LogP contribution in [0.25, 0.3) is 0 Å². The molecule has 0 aliphatic rings. The maximum atomic E-state index is 10.4. The van der Waals surface area contributed by atoms with Crippen LogP contribution >= 0.6 is 0 Å². The van der Waals surface area contributed by atoms with E-state index in [-0.39, 0.29) is 23.6 Å². The zero-order chi connectivity index (χ0) is 9.84. The molecular weight excluding hydrogens is 174 g/mol. The van der Waals surface area contributed by atoms with Crippen LogP contribution in [-0.2, 0) is 6.42 Å². The van der Waals surface area contributed by atoms with Crippen molar-refractivity contribution in [2.75, 3.05) is 0 Å². The summed E-state index contributed by atoms with van der Waals surface area (Å²) in [4.78, 5) is 13.1. The summed E-state index contributed by atoms with van der Waals surface area (Å²) in [6, 6.07) is 2.91. The van der Waals surface area contributed by atoms with Crippen LogP contribution in [-0.4, -0.2) is 15.0 Å². The van der Waals surface area contributed by atoms with E-state index in [4.69, 9.17) is 10.4 Å². The van der Waals surface area contributed by atoms with Gasteiger partial charge in [-0.05, 0) is 16.0 Å². The van der Waals surface area contributed by atoms with Crippen molar-refractivity contribution in [3.8, 4) is 11.8 Å². The molecular formula is C7H5N3O3. The first-order chi connectivity index (χ1) is 6.15. The molecule has 0 bridgehead atoms.